The maximum atomic E-state index is 11.9. The average Bonchev–Trinajstić information content (AvgIpc) is 2.33. The zero-order valence-electron chi connectivity index (χ0n) is 6.89. The Balaban J connectivity index is 2.30. The van der Waals surface area contributed by atoms with E-state index in [1.165, 1.54) is 11.2 Å². The Morgan fingerprint density at radius 2 is 2.15 bits per heavy atom. The monoisotopic (exact) mass is 198 g/mol. The van der Waals surface area contributed by atoms with Gasteiger partial charge in [0.25, 0.3) is 0 Å². The average molecular weight is 198 g/mol. The lowest BCUT2D eigenvalue weighted by molar-refractivity contribution is -0.137. The molecule has 1 heterocycles. The molecule has 0 aromatic heterocycles. The van der Waals surface area contributed by atoms with Crippen molar-refractivity contribution in [2.45, 2.75) is 18.6 Å². The minimum atomic E-state index is -4.19. The summed E-state index contributed by atoms with van der Waals surface area (Å²) in [7, 11) is 0. The predicted molar refractivity (Wildman–Crippen MR) is 40.5 cm³/mol. The molecule has 0 spiro atoms. The van der Waals surface area contributed by atoms with Crippen molar-refractivity contribution in [1.29, 1.82) is 0 Å². The molecule has 6 heteroatoms. The van der Waals surface area contributed by atoms with E-state index in [9.17, 15) is 17.6 Å². The molecule has 0 aromatic rings. The van der Waals surface area contributed by atoms with Gasteiger partial charge in [-0.25, -0.2) is 4.39 Å². The van der Waals surface area contributed by atoms with E-state index in [1.54, 1.807) is 0 Å². The van der Waals surface area contributed by atoms with Crippen molar-refractivity contribution < 1.29 is 17.6 Å². The Labute approximate surface area is 73.2 Å². The number of nitrogens with zero attached hydrogens (tertiary/aromatic N) is 2. The summed E-state index contributed by atoms with van der Waals surface area (Å²) < 4.78 is 47.3. The second-order valence-corrected chi connectivity index (χ2v) is 2.92. The Bertz CT molecular complexity index is 189. The van der Waals surface area contributed by atoms with E-state index >= 15 is 0 Å². The molecule has 76 valence electrons. The largest absolute Gasteiger partial charge is 0.391 e. The highest BCUT2D eigenvalue weighted by Gasteiger charge is 2.33. The van der Waals surface area contributed by atoms with E-state index in [4.69, 9.17) is 0 Å². The zero-order valence-corrected chi connectivity index (χ0v) is 6.89. The summed E-state index contributed by atoms with van der Waals surface area (Å²) in [5.74, 6) is 0. The van der Waals surface area contributed by atoms with Gasteiger partial charge in [-0.15, -0.1) is 0 Å². The van der Waals surface area contributed by atoms with Crippen molar-refractivity contribution in [3.8, 4) is 0 Å². The Kier molecular flexibility index (Phi) is 3.11. The molecule has 0 bridgehead atoms. The second kappa shape index (κ2) is 3.93. The second-order valence-electron chi connectivity index (χ2n) is 2.92. The van der Waals surface area contributed by atoms with Crippen molar-refractivity contribution in [1.82, 2.24) is 4.90 Å². The van der Waals surface area contributed by atoms with Crippen LogP contribution >= 0.6 is 0 Å². The summed E-state index contributed by atoms with van der Waals surface area (Å²) in [5.41, 5.74) is 0. The number of alkyl halides is 4. The van der Waals surface area contributed by atoms with E-state index in [0.29, 0.717) is 0 Å². The highest BCUT2D eigenvalue weighted by molar-refractivity contribution is 5.57. The predicted octanol–water partition coefficient (Wildman–Crippen LogP) is 1.62. The molecule has 1 atom stereocenters. The van der Waals surface area contributed by atoms with Crippen molar-refractivity contribution in [2.75, 3.05) is 19.8 Å². The van der Waals surface area contributed by atoms with E-state index in [2.05, 4.69) is 4.99 Å². The molecule has 1 rings (SSSR count). The summed E-state index contributed by atoms with van der Waals surface area (Å²) >= 11 is 0. The van der Waals surface area contributed by atoms with Crippen LogP contribution < -0.4 is 0 Å². The summed E-state index contributed by atoms with van der Waals surface area (Å²) in [4.78, 5) is 5.09. The lowest BCUT2D eigenvalue weighted by Gasteiger charge is -2.14. The van der Waals surface area contributed by atoms with Crippen molar-refractivity contribution in [3.63, 3.8) is 0 Å². The van der Waals surface area contributed by atoms with Gasteiger partial charge in [0, 0.05) is 13.1 Å². The van der Waals surface area contributed by atoms with Crippen LogP contribution in [0, 0.1) is 0 Å². The standard InChI is InChI=1S/C7H10F4N2/c8-1-2-13-4-6(12-5-13)3-7(9,10)11/h5-6H,1-4H2. The molecule has 1 aliphatic rings. The Morgan fingerprint density at radius 3 is 2.69 bits per heavy atom. The fourth-order valence-electron chi connectivity index (χ4n) is 1.20. The number of halogens is 4. The van der Waals surface area contributed by atoms with Gasteiger partial charge in [0.1, 0.15) is 6.67 Å². The molecule has 0 fully saturated rings. The number of rotatable bonds is 3. The highest BCUT2D eigenvalue weighted by atomic mass is 19.4. The van der Waals surface area contributed by atoms with Crippen LogP contribution in [0.25, 0.3) is 0 Å². The first-order valence-corrected chi connectivity index (χ1v) is 3.91. The topological polar surface area (TPSA) is 15.6 Å². The first-order chi connectivity index (χ1) is 6.01. The normalized spacial score (nSPS) is 22.8. The molecule has 0 radical (unpaired) electrons. The van der Waals surface area contributed by atoms with Crippen molar-refractivity contribution in [2.24, 2.45) is 4.99 Å². The highest BCUT2D eigenvalue weighted by Crippen LogP contribution is 2.24. The first kappa shape index (κ1) is 10.3. The summed E-state index contributed by atoms with van der Waals surface area (Å²) in [6, 6.07) is -0.758. The Morgan fingerprint density at radius 1 is 1.46 bits per heavy atom. The van der Waals surface area contributed by atoms with Gasteiger partial charge in [-0.3, -0.25) is 4.99 Å². The molecule has 1 unspecified atom stereocenters. The van der Waals surface area contributed by atoms with Gasteiger partial charge in [0.05, 0.1) is 18.8 Å². The maximum absolute atomic E-state index is 11.9. The molecule has 0 saturated carbocycles. The number of hydrogen-bond donors (Lipinski definition) is 0. The van der Waals surface area contributed by atoms with Crippen molar-refractivity contribution in [3.05, 3.63) is 0 Å². The van der Waals surface area contributed by atoms with Gasteiger partial charge in [-0.05, 0) is 0 Å². The molecule has 2 nitrogen and oxygen atoms in total. The number of hydrogen-bond acceptors (Lipinski definition) is 2. The lowest BCUT2D eigenvalue weighted by Crippen LogP contribution is -2.28. The molecule has 13 heavy (non-hydrogen) atoms. The summed E-state index contributed by atoms with van der Waals surface area (Å²) in [5, 5.41) is 0. The van der Waals surface area contributed by atoms with Gasteiger partial charge < -0.3 is 4.90 Å². The molecule has 0 aromatic carbocycles. The molecule has 0 aliphatic carbocycles. The summed E-state index contributed by atoms with van der Waals surface area (Å²) in [6.07, 6.45) is -3.82. The van der Waals surface area contributed by atoms with E-state index in [1.807, 2.05) is 0 Å². The molecule has 0 saturated heterocycles. The lowest BCUT2D eigenvalue weighted by atomic mass is 10.2. The first-order valence-electron chi connectivity index (χ1n) is 3.91. The third-order valence-electron chi connectivity index (χ3n) is 1.72. The molecular formula is C7H10F4N2. The van der Waals surface area contributed by atoms with Crippen molar-refractivity contribution >= 4 is 6.34 Å². The number of aliphatic imine (C=N–C) groups is 1. The molecular weight excluding hydrogens is 188 g/mol. The fraction of sp³-hybridized carbons (Fsp3) is 0.857. The minimum absolute atomic E-state index is 0.123. The third kappa shape index (κ3) is 3.61. The minimum Gasteiger partial charge on any atom is -0.358 e. The quantitative estimate of drug-likeness (QED) is 0.629. The summed E-state index contributed by atoms with van der Waals surface area (Å²) in [6.45, 7) is -0.272. The van der Waals surface area contributed by atoms with Gasteiger partial charge in [-0.1, -0.05) is 0 Å². The maximum Gasteiger partial charge on any atom is 0.391 e. The van der Waals surface area contributed by atoms with Crippen LogP contribution in [0.1, 0.15) is 6.42 Å². The van der Waals surface area contributed by atoms with Gasteiger partial charge in [0.15, 0.2) is 0 Å². The molecule has 0 amide bonds. The van der Waals surface area contributed by atoms with Crippen LogP contribution in [0.3, 0.4) is 0 Å². The van der Waals surface area contributed by atoms with Crippen LogP contribution in [-0.2, 0) is 0 Å². The van der Waals surface area contributed by atoms with E-state index in [0.717, 1.165) is 0 Å². The van der Waals surface area contributed by atoms with Gasteiger partial charge in [0.2, 0.25) is 0 Å². The fourth-order valence-corrected chi connectivity index (χ4v) is 1.20. The third-order valence-corrected chi connectivity index (χ3v) is 1.72. The van der Waals surface area contributed by atoms with E-state index in [-0.39, 0.29) is 13.1 Å². The van der Waals surface area contributed by atoms with Gasteiger partial charge >= 0.3 is 6.18 Å². The van der Waals surface area contributed by atoms with Crippen LogP contribution in [0.2, 0.25) is 0 Å². The van der Waals surface area contributed by atoms with Crippen LogP contribution in [0.15, 0.2) is 4.99 Å². The molecule has 1 aliphatic heterocycles. The SMILES string of the molecule is FCCN1C=NC(CC(F)(F)F)C1. The zero-order chi connectivity index (χ0) is 9.90. The van der Waals surface area contributed by atoms with Crippen LogP contribution in [-0.4, -0.2) is 43.2 Å². The van der Waals surface area contributed by atoms with Gasteiger partial charge in [-0.2, -0.15) is 13.2 Å². The van der Waals surface area contributed by atoms with E-state index < -0.39 is 25.3 Å². The molecule has 0 N–H and O–H groups in total. The Hall–Kier alpha value is -0.810. The van der Waals surface area contributed by atoms with Crippen LogP contribution in [0.4, 0.5) is 17.6 Å². The van der Waals surface area contributed by atoms with Crippen LogP contribution in [0.5, 0.6) is 0 Å². The smallest absolute Gasteiger partial charge is 0.358 e.